The fourth-order valence-corrected chi connectivity index (χ4v) is 1.40. The summed E-state index contributed by atoms with van der Waals surface area (Å²) in [6.07, 6.45) is 5.03. The van der Waals surface area contributed by atoms with E-state index in [1.54, 1.807) is 12.3 Å². The fraction of sp³-hybridized carbons (Fsp3) is 0.200. The molecule has 0 radical (unpaired) electrons. The van der Waals surface area contributed by atoms with E-state index in [1.807, 2.05) is 6.07 Å². The van der Waals surface area contributed by atoms with Gasteiger partial charge in [-0.05, 0) is 18.1 Å². The zero-order valence-electron chi connectivity index (χ0n) is 8.98. The Hall–Kier alpha value is -2.44. The van der Waals surface area contributed by atoms with Gasteiger partial charge >= 0.3 is 5.69 Å². The molecule has 0 bridgehead atoms. The number of aromatic nitrogens is 3. The third-order valence-electron chi connectivity index (χ3n) is 2.31. The maximum Gasteiger partial charge on any atom is 0.306 e. The van der Waals surface area contributed by atoms with Crippen molar-refractivity contribution < 1.29 is 4.92 Å². The summed E-state index contributed by atoms with van der Waals surface area (Å²) < 4.78 is 1.54. The molecule has 0 aliphatic rings. The van der Waals surface area contributed by atoms with Crippen molar-refractivity contribution in [1.82, 2.24) is 14.8 Å². The first-order valence-electron chi connectivity index (χ1n) is 5.02. The molecule has 0 fully saturated rings. The summed E-state index contributed by atoms with van der Waals surface area (Å²) in [4.78, 5) is 14.0. The predicted molar refractivity (Wildman–Crippen MR) is 61.2 cm³/mol. The maximum absolute atomic E-state index is 10.5. The Balaban J connectivity index is 1.97. The van der Waals surface area contributed by atoms with Crippen molar-refractivity contribution in [3.8, 4) is 0 Å². The van der Waals surface area contributed by atoms with Gasteiger partial charge in [-0.15, -0.1) is 0 Å². The third-order valence-corrected chi connectivity index (χ3v) is 2.31. The van der Waals surface area contributed by atoms with E-state index in [0.29, 0.717) is 18.8 Å². The molecular formula is C10H11N5O2. The Morgan fingerprint density at radius 1 is 1.41 bits per heavy atom. The normalized spacial score (nSPS) is 10.4. The lowest BCUT2D eigenvalue weighted by Crippen LogP contribution is -2.02. The van der Waals surface area contributed by atoms with Crippen LogP contribution >= 0.6 is 0 Å². The van der Waals surface area contributed by atoms with Gasteiger partial charge in [0.1, 0.15) is 18.2 Å². The lowest BCUT2D eigenvalue weighted by molar-refractivity contribution is -0.385. The minimum atomic E-state index is -0.464. The Bertz CT molecular complexity index is 520. The molecule has 2 N–H and O–H groups in total. The molecule has 2 rings (SSSR count). The first-order chi connectivity index (χ1) is 8.15. The van der Waals surface area contributed by atoms with E-state index >= 15 is 0 Å². The molecule has 0 saturated heterocycles. The number of nitrogen functional groups attached to an aromatic ring is 1. The van der Waals surface area contributed by atoms with E-state index in [1.165, 1.54) is 17.1 Å². The van der Waals surface area contributed by atoms with Gasteiger partial charge in [0.05, 0.1) is 4.92 Å². The van der Waals surface area contributed by atoms with Gasteiger partial charge in [0, 0.05) is 12.7 Å². The first kappa shape index (κ1) is 11.1. The third kappa shape index (κ3) is 2.77. The second kappa shape index (κ2) is 4.60. The number of rotatable bonds is 4. The highest BCUT2D eigenvalue weighted by Gasteiger charge is 2.08. The van der Waals surface area contributed by atoms with Crippen LogP contribution in [0.4, 0.5) is 11.5 Å². The van der Waals surface area contributed by atoms with Gasteiger partial charge in [-0.1, -0.05) is 6.07 Å². The standard InChI is InChI=1S/C10H11N5O2/c11-10-2-1-8(5-12-10)3-4-14-7-9(6-13-14)15(16)17/h1-2,5-7H,3-4H2,(H2,11,12). The van der Waals surface area contributed by atoms with Crippen molar-refractivity contribution in [3.63, 3.8) is 0 Å². The van der Waals surface area contributed by atoms with Crippen LogP contribution in [0.1, 0.15) is 5.56 Å². The van der Waals surface area contributed by atoms with Crippen molar-refractivity contribution in [1.29, 1.82) is 0 Å². The van der Waals surface area contributed by atoms with Gasteiger partial charge in [-0.2, -0.15) is 5.10 Å². The van der Waals surface area contributed by atoms with Crippen LogP contribution in [0.25, 0.3) is 0 Å². The van der Waals surface area contributed by atoms with E-state index in [-0.39, 0.29) is 5.69 Å². The number of nitrogens with zero attached hydrogens (tertiary/aromatic N) is 4. The van der Waals surface area contributed by atoms with E-state index < -0.39 is 4.92 Å². The summed E-state index contributed by atoms with van der Waals surface area (Å²) in [5, 5.41) is 14.4. The molecule has 2 aromatic rings. The van der Waals surface area contributed by atoms with E-state index in [0.717, 1.165) is 5.56 Å². The largest absolute Gasteiger partial charge is 0.384 e. The number of anilines is 1. The molecule has 0 aliphatic carbocycles. The zero-order chi connectivity index (χ0) is 12.3. The van der Waals surface area contributed by atoms with Crippen LogP contribution in [-0.4, -0.2) is 19.7 Å². The monoisotopic (exact) mass is 233 g/mol. The molecule has 0 spiro atoms. The molecule has 2 heterocycles. The van der Waals surface area contributed by atoms with Crippen molar-refractivity contribution in [2.75, 3.05) is 5.73 Å². The average Bonchev–Trinajstić information content (AvgIpc) is 2.77. The molecule has 2 aromatic heterocycles. The zero-order valence-corrected chi connectivity index (χ0v) is 8.98. The highest BCUT2D eigenvalue weighted by Crippen LogP contribution is 2.09. The summed E-state index contributed by atoms with van der Waals surface area (Å²) in [5.41, 5.74) is 6.48. The topological polar surface area (TPSA) is 99.9 Å². The van der Waals surface area contributed by atoms with Crippen molar-refractivity contribution >= 4 is 11.5 Å². The van der Waals surface area contributed by atoms with Crippen LogP contribution in [0.5, 0.6) is 0 Å². The molecule has 0 aliphatic heterocycles. The van der Waals surface area contributed by atoms with E-state index in [4.69, 9.17) is 5.73 Å². The predicted octanol–water partition coefficient (Wildman–Crippen LogP) is 1.01. The molecule has 0 saturated carbocycles. The molecule has 0 aromatic carbocycles. The molecule has 7 heteroatoms. The fourth-order valence-electron chi connectivity index (χ4n) is 1.40. The van der Waals surface area contributed by atoms with Gasteiger partial charge in [-0.3, -0.25) is 14.8 Å². The Morgan fingerprint density at radius 3 is 2.82 bits per heavy atom. The lowest BCUT2D eigenvalue weighted by atomic mass is 10.2. The average molecular weight is 233 g/mol. The molecule has 88 valence electrons. The van der Waals surface area contributed by atoms with Crippen molar-refractivity contribution in [3.05, 3.63) is 46.4 Å². The number of hydrogen-bond acceptors (Lipinski definition) is 5. The minimum absolute atomic E-state index is 0.000399. The first-order valence-corrected chi connectivity index (χ1v) is 5.02. The van der Waals surface area contributed by atoms with Gasteiger partial charge in [-0.25, -0.2) is 4.98 Å². The van der Waals surface area contributed by atoms with Crippen LogP contribution in [0.15, 0.2) is 30.7 Å². The van der Waals surface area contributed by atoms with Crippen LogP contribution in [0.2, 0.25) is 0 Å². The highest BCUT2D eigenvalue weighted by molar-refractivity contribution is 5.29. The van der Waals surface area contributed by atoms with Crippen molar-refractivity contribution in [2.45, 2.75) is 13.0 Å². The number of pyridine rings is 1. The summed E-state index contributed by atoms with van der Waals surface area (Å²) in [5.74, 6) is 0.475. The molecule has 17 heavy (non-hydrogen) atoms. The number of hydrogen-bond donors (Lipinski definition) is 1. The molecule has 0 atom stereocenters. The van der Waals surface area contributed by atoms with Crippen LogP contribution in [0, 0.1) is 10.1 Å². The lowest BCUT2D eigenvalue weighted by Gasteiger charge is -2.01. The van der Waals surface area contributed by atoms with Crippen LogP contribution < -0.4 is 5.73 Å². The van der Waals surface area contributed by atoms with Gasteiger partial charge < -0.3 is 5.73 Å². The number of nitro groups is 1. The molecular weight excluding hydrogens is 222 g/mol. The smallest absolute Gasteiger partial charge is 0.306 e. The summed E-state index contributed by atoms with van der Waals surface area (Å²) in [7, 11) is 0. The second-order valence-electron chi connectivity index (χ2n) is 3.56. The van der Waals surface area contributed by atoms with Crippen molar-refractivity contribution in [2.24, 2.45) is 0 Å². The SMILES string of the molecule is Nc1ccc(CCn2cc([N+](=O)[O-])cn2)cn1. The van der Waals surface area contributed by atoms with Crippen LogP contribution in [0.3, 0.4) is 0 Å². The minimum Gasteiger partial charge on any atom is -0.384 e. The summed E-state index contributed by atoms with van der Waals surface area (Å²) >= 11 is 0. The van der Waals surface area contributed by atoms with E-state index in [2.05, 4.69) is 10.1 Å². The summed E-state index contributed by atoms with van der Waals surface area (Å²) in [6.45, 7) is 0.569. The Kier molecular flexibility index (Phi) is 2.99. The second-order valence-corrected chi connectivity index (χ2v) is 3.56. The number of aryl methyl sites for hydroxylation is 2. The summed E-state index contributed by atoms with van der Waals surface area (Å²) in [6, 6.07) is 3.60. The Morgan fingerprint density at radius 2 is 2.24 bits per heavy atom. The van der Waals surface area contributed by atoms with Gasteiger partial charge in [0.25, 0.3) is 0 Å². The maximum atomic E-state index is 10.5. The molecule has 0 unspecified atom stereocenters. The molecule has 0 amide bonds. The molecule has 7 nitrogen and oxygen atoms in total. The van der Waals surface area contributed by atoms with E-state index in [9.17, 15) is 10.1 Å². The quantitative estimate of drug-likeness (QED) is 0.627. The van der Waals surface area contributed by atoms with Crippen LogP contribution in [-0.2, 0) is 13.0 Å². The van der Waals surface area contributed by atoms with Gasteiger partial charge in [0.15, 0.2) is 0 Å². The Labute approximate surface area is 97.0 Å². The number of nitrogens with two attached hydrogens (primary N) is 1. The highest BCUT2D eigenvalue weighted by atomic mass is 16.6. The van der Waals surface area contributed by atoms with Gasteiger partial charge in [0.2, 0.25) is 0 Å².